The fraction of sp³-hybridized carbons (Fsp3) is 0.350. The molecule has 0 atom stereocenters. The SMILES string of the molecule is CN=C(NCc1ccc(OC)c(OC(F)F)c1)Nc1ccc2c(c1)OCCCO2.I. The lowest BCUT2D eigenvalue weighted by Crippen LogP contribution is -2.30. The first-order valence-corrected chi connectivity index (χ1v) is 9.08. The highest BCUT2D eigenvalue weighted by Crippen LogP contribution is 2.32. The van der Waals surface area contributed by atoms with E-state index in [4.69, 9.17) is 14.2 Å². The minimum absolute atomic E-state index is 0. The summed E-state index contributed by atoms with van der Waals surface area (Å²) in [4.78, 5) is 4.18. The van der Waals surface area contributed by atoms with Gasteiger partial charge in [0, 0.05) is 31.8 Å². The van der Waals surface area contributed by atoms with Crippen molar-refractivity contribution >= 4 is 35.6 Å². The van der Waals surface area contributed by atoms with Gasteiger partial charge in [-0.05, 0) is 29.8 Å². The molecule has 2 N–H and O–H groups in total. The smallest absolute Gasteiger partial charge is 0.387 e. The van der Waals surface area contributed by atoms with Gasteiger partial charge < -0.3 is 29.6 Å². The molecule has 2 aromatic carbocycles. The predicted octanol–water partition coefficient (Wildman–Crippen LogP) is 4.26. The second kappa shape index (κ2) is 11.6. The van der Waals surface area contributed by atoms with Crippen molar-refractivity contribution in [1.29, 1.82) is 0 Å². The van der Waals surface area contributed by atoms with Crippen molar-refractivity contribution in [3.05, 3.63) is 42.0 Å². The molecular formula is C20H24F2IN3O4. The van der Waals surface area contributed by atoms with Gasteiger partial charge in [-0.2, -0.15) is 8.78 Å². The van der Waals surface area contributed by atoms with Crippen molar-refractivity contribution < 1.29 is 27.7 Å². The average Bonchev–Trinajstić information content (AvgIpc) is 2.95. The van der Waals surface area contributed by atoms with Crippen LogP contribution >= 0.6 is 24.0 Å². The molecular weight excluding hydrogens is 511 g/mol. The summed E-state index contributed by atoms with van der Waals surface area (Å²) in [5.41, 5.74) is 1.50. The third-order valence-electron chi connectivity index (χ3n) is 4.14. The van der Waals surface area contributed by atoms with Gasteiger partial charge in [0.05, 0.1) is 20.3 Å². The zero-order valence-corrected chi connectivity index (χ0v) is 18.9. The highest BCUT2D eigenvalue weighted by Gasteiger charge is 2.13. The third-order valence-corrected chi connectivity index (χ3v) is 4.14. The molecule has 0 radical (unpaired) electrons. The van der Waals surface area contributed by atoms with Crippen LogP contribution in [0.4, 0.5) is 14.5 Å². The second-order valence-corrected chi connectivity index (χ2v) is 6.13. The number of hydrogen-bond acceptors (Lipinski definition) is 5. The van der Waals surface area contributed by atoms with Crippen LogP contribution in [0.2, 0.25) is 0 Å². The van der Waals surface area contributed by atoms with Crippen molar-refractivity contribution in [2.24, 2.45) is 4.99 Å². The fourth-order valence-corrected chi connectivity index (χ4v) is 2.76. The van der Waals surface area contributed by atoms with Crippen LogP contribution in [0.15, 0.2) is 41.4 Å². The number of methoxy groups -OCH3 is 1. The summed E-state index contributed by atoms with van der Waals surface area (Å²) in [6.45, 7) is -1.36. The Balaban J connectivity index is 0.00000320. The van der Waals surface area contributed by atoms with Gasteiger partial charge in [0.15, 0.2) is 29.0 Å². The number of aliphatic imine (C=N–C) groups is 1. The van der Waals surface area contributed by atoms with Crippen LogP contribution in [0, 0.1) is 0 Å². The lowest BCUT2D eigenvalue weighted by atomic mass is 10.2. The molecule has 0 bridgehead atoms. The molecule has 1 aliphatic rings. The number of fused-ring (bicyclic) bond motifs is 1. The van der Waals surface area contributed by atoms with Gasteiger partial charge in [-0.3, -0.25) is 4.99 Å². The van der Waals surface area contributed by atoms with Gasteiger partial charge in [-0.1, -0.05) is 6.07 Å². The van der Waals surface area contributed by atoms with Crippen molar-refractivity contribution in [3.63, 3.8) is 0 Å². The number of anilines is 1. The number of hydrogen-bond donors (Lipinski definition) is 2. The van der Waals surface area contributed by atoms with Gasteiger partial charge in [-0.15, -0.1) is 24.0 Å². The van der Waals surface area contributed by atoms with E-state index in [0.717, 1.165) is 17.7 Å². The summed E-state index contributed by atoms with van der Waals surface area (Å²) in [5, 5.41) is 6.29. The van der Waals surface area contributed by atoms with Crippen LogP contribution < -0.4 is 29.6 Å². The van der Waals surface area contributed by atoms with Crippen LogP contribution in [-0.4, -0.2) is 39.9 Å². The zero-order chi connectivity index (χ0) is 20.6. The van der Waals surface area contributed by atoms with Crippen molar-refractivity contribution in [2.75, 3.05) is 32.7 Å². The molecule has 1 aliphatic heterocycles. The van der Waals surface area contributed by atoms with E-state index in [1.54, 1.807) is 19.2 Å². The Kier molecular flexibility index (Phi) is 9.21. The Morgan fingerprint density at radius 2 is 1.87 bits per heavy atom. The predicted molar refractivity (Wildman–Crippen MR) is 121 cm³/mol. The number of guanidine groups is 1. The van der Waals surface area contributed by atoms with Crippen molar-refractivity contribution in [1.82, 2.24) is 5.32 Å². The maximum absolute atomic E-state index is 12.6. The van der Waals surface area contributed by atoms with Gasteiger partial charge in [0.1, 0.15) is 0 Å². The normalized spacial score (nSPS) is 13.2. The molecule has 30 heavy (non-hydrogen) atoms. The number of alkyl halides is 2. The van der Waals surface area contributed by atoms with E-state index in [1.807, 2.05) is 18.2 Å². The van der Waals surface area contributed by atoms with Crippen LogP contribution in [0.1, 0.15) is 12.0 Å². The molecule has 0 aliphatic carbocycles. The van der Waals surface area contributed by atoms with E-state index >= 15 is 0 Å². The minimum atomic E-state index is -2.93. The van der Waals surface area contributed by atoms with Gasteiger partial charge >= 0.3 is 6.61 Å². The van der Waals surface area contributed by atoms with E-state index in [-0.39, 0.29) is 35.5 Å². The summed E-state index contributed by atoms with van der Waals surface area (Å²) in [7, 11) is 3.03. The van der Waals surface area contributed by atoms with Crippen LogP contribution in [-0.2, 0) is 6.54 Å². The molecule has 0 fully saturated rings. The summed E-state index contributed by atoms with van der Waals surface area (Å²) in [6.07, 6.45) is 0.833. The Labute approximate surface area is 190 Å². The highest BCUT2D eigenvalue weighted by molar-refractivity contribution is 14.0. The van der Waals surface area contributed by atoms with E-state index in [1.165, 1.54) is 13.2 Å². The quantitative estimate of drug-likeness (QED) is 0.327. The molecule has 1 heterocycles. The Morgan fingerprint density at radius 3 is 2.57 bits per heavy atom. The van der Waals surface area contributed by atoms with Gasteiger partial charge in [0.2, 0.25) is 0 Å². The number of rotatable bonds is 6. The third kappa shape index (κ3) is 6.51. The first-order valence-electron chi connectivity index (χ1n) is 9.08. The topological polar surface area (TPSA) is 73.3 Å². The summed E-state index contributed by atoms with van der Waals surface area (Å²) in [5.74, 6) is 2.11. The lowest BCUT2D eigenvalue weighted by molar-refractivity contribution is -0.0512. The molecule has 0 unspecified atom stereocenters. The summed E-state index contributed by atoms with van der Waals surface area (Å²) in [6, 6.07) is 10.4. The standard InChI is InChI=1S/C20H23F2N3O4.HI/c1-23-20(25-14-5-7-16-17(11-14)28-9-3-8-27-16)24-12-13-4-6-15(26-2)18(10-13)29-19(21)22;/h4-7,10-11,19H,3,8-9,12H2,1-2H3,(H2,23,24,25);1H. The van der Waals surface area contributed by atoms with Gasteiger partial charge in [-0.25, -0.2) is 0 Å². The molecule has 0 saturated carbocycles. The van der Waals surface area contributed by atoms with Gasteiger partial charge in [0.25, 0.3) is 0 Å². The van der Waals surface area contributed by atoms with Crippen LogP contribution in [0.5, 0.6) is 23.0 Å². The molecule has 0 amide bonds. The summed E-state index contributed by atoms with van der Waals surface area (Å²) < 4.78 is 46.0. The highest BCUT2D eigenvalue weighted by atomic mass is 127. The number of nitrogens with zero attached hydrogens (tertiary/aromatic N) is 1. The average molecular weight is 535 g/mol. The molecule has 0 saturated heterocycles. The number of ether oxygens (including phenoxy) is 4. The minimum Gasteiger partial charge on any atom is -0.493 e. The molecule has 0 aromatic heterocycles. The fourth-order valence-electron chi connectivity index (χ4n) is 2.76. The molecule has 2 aromatic rings. The first kappa shape index (κ1) is 23.8. The Bertz CT molecular complexity index is 868. The van der Waals surface area contributed by atoms with Crippen molar-refractivity contribution in [3.8, 4) is 23.0 Å². The first-order chi connectivity index (χ1) is 14.1. The zero-order valence-electron chi connectivity index (χ0n) is 16.6. The Morgan fingerprint density at radius 1 is 1.10 bits per heavy atom. The molecule has 3 rings (SSSR count). The maximum Gasteiger partial charge on any atom is 0.387 e. The van der Waals surface area contributed by atoms with Crippen LogP contribution in [0.3, 0.4) is 0 Å². The van der Waals surface area contributed by atoms with Crippen molar-refractivity contribution in [2.45, 2.75) is 19.6 Å². The Hall–Kier alpha value is -2.50. The number of halogens is 3. The molecule has 164 valence electrons. The molecule has 0 spiro atoms. The number of nitrogens with one attached hydrogen (secondary N) is 2. The molecule has 10 heteroatoms. The van der Waals surface area contributed by atoms with E-state index in [9.17, 15) is 8.78 Å². The van der Waals surface area contributed by atoms with E-state index in [0.29, 0.717) is 37.2 Å². The molecule has 7 nitrogen and oxygen atoms in total. The number of benzene rings is 2. The van der Waals surface area contributed by atoms with E-state index < -0.39 is 6.61 Å². The largest absolute Gasteiger partial charge is 0.493 e. The lowest BCUT2D eigenvalue weighted by Gasteiger charge is -2.15. The monoisotopic (exact) mass is 535 g/mol. The summed E-state index contributed by atoms with van der Waals surface area (Å²) >= 11 is 0. The van der Waals surface area contributed by atoms with Crippen LogP contribution in [0.25, 0.3) is 0 Å². The maximum atomic E-state index is 12.6. The van der Waals surface area contributed by atoms with E-state index in [2.05, 4.69) is 20.4 Å². The second-order valence-electron chi connectivity index (χ2n) is 6.13.